The quantitative estimate of drug-likeness (QED) is 0.485. The van der Waals surface area contributed by atoms with Gasteiger partial charge in [0, 0.05) is 24.0 Å². The van der Waals surface area contributed by atoms with Gasteiger partial charge in [-0.2, -0.15) is 0 Å². The van der Waals surface area contributed by atoms with E-state index in [9.17, 15) is 13.2 Å². The van der Waals surface area contributed by atoms with Crippen LogP contribution in [-0.2, 0) is 28.7 Å². The van der Waals surface area contributed by atoms with Crippen LogP contribution in [0.4, 0.5) is 10.5 Å². The third-order valence-corrected chi connectivity index (χ3v) is 8.05. The Morgan fingerprint density at radius 1 is 1.22 bits per heavy atom. The third-order valence-electron chi connectivity index (χ3n) is 5.14. The first-order valence-electron chi connectivity index (χ1n) is 10.1. The molecule has 2 aromatic carbocycles. The maximum atomic E-state index is 12.9. The molecular formula is C22H24N4O4S2. The second-order valence-corrected chi connectivity index (χ2v) is 10.6. The Balaban J connectivity index is 1.46. The van der Waals surface area contributed by atoms with Crippen molar-refractivity contribution in [2.24, 2.45) is 0 Å². The Labute approximate surface area is 191 Å². The van der Waals surface area contributed by atoms with Gasteiger partial charge < -0.3 is 20.7 Å². The zero-order valence-corrected chi connectivity index (χ0v) is 19.3. The number of benzene rings is 2. The van der Waals surface area contributed by atoms with Gasteiger partial charge in [0.15, 0.2) is 9.84 Å². The highest BCUT2D eigenvalue weighted by Crippen LogP contribution is 2.31. The Bertz CT molecular complexity index is 1200. The van der Waals surface area contributed by atoms with Gasteiger partial charge in [-0.3, -0.25) is 0 Å². The van der Waals surface area contributed by atoms with E-state index < -0.39 is 15.9 Å². The topological polar surface area (TPSA) is 109 Å². The number of sulfone groups is 1. The van der Waals surface area contributed by atoms with E-state index >= 15 is 0 Å². The van der Waals surface area contributed by atoms with Crippen molar-refractivity contribution in [3.05, 3.63) is 69.7 Å². The zero-order chi connectivity index (χ0) is 22.7. The number of hydrogen-bond donors (Lipinski definition) is 3. The van der Waals surface area contributed by atoms with Crippen molar-refractivity contribution >= 4 is 32.9 Å². The van der Waals surface area contributed by atoms with E-state index in [2.05, 4.69) is 20.9 Å². The average molecular weight is 473 g/mol. The van der Waals surface area contributed by atoms with Crippen LogP contribution in [0, 0.1) is 0 Å². The highest BCUT2D eigenvalue weighted by molar-refractivity contribution is 7.90. The predicted octanol–water partition coefficient (Wildman–Crippen LogP) is 3.61. The number of nitrogens with zero attached hydrogens (tertiary/aromatic N) is 1. The standard InChI is InChI=1S/C22H24N4O4S2/c1-14(15-6-4-3-5-7-15)24-22(27)26-17-9-8-16(10-19(17)30-2)32(28,29)13-21-25-18-11-23-12-20(18)31-21/h3-10,14,23H,11-13H2,1-2H3,(H2,24,26,27)/t14-/m0/s1. The maximum absolute atomic E-state index is 12.9. The summed E-state index contributed by atoms with van der Waals surface area (Å²) in [6.07, 6.45) is 0. The van der Waals surface area contributed by atoms with Crippen LogP contribution >= 0.6 is 11.3 Å². The molecule has 0 aliphatic carbocycles. The normalized spacial score (nSPS) is 13.9. The van der Waals surface area contributed by atoms with Crippen molar-refractivity contribution in [1.29, 1.82) is 0 Å². The number of ether oxygens (including phenoxy) is 1. The van der Waals surface area contributed by atoms with Crippen LogP contribution in [0.3, 0.4) is 0 Å². The van der Waals surface area contributed by atoms with E-state index in [0.717, 1.165) is 22.7 Å². The summed E-state index contributed by atoms with van der Waals surface area (Å²) >= 11 is 1.42. The number of thiazole rings is 1. The fraction of sp³-hybridized carbons (Fsp3) is 0.273. The van der Waals surface area contributed by atoms with Gasteiger partial charge in [-0.15, -0.1) is 11.3 Å². The molecular weight excluding hydrogens is 448 g/mol. The number of aromatic nitrogens is 1. The number of amides is 2. The lowest BCUT2D eigenvalue weighted by molar-refractivity contribution is 0.249. The first-order chi connectivity index (χ1) is 15.4. The SMILES string of the molecule is COc1cc(S(=O)(=O)Cc2nc3c(s2)CNC3)ccc1NC(=O)N[C@@H](C)c1ccccc1. The second-order valence-electron chi connectivity index (χ2n) is 7.43. The monoisotopic (exact) mass is 472 g/mol. The number of anilines is 1. The molecule has 4 rings (SSSR count). The van der Waals surface area contributed by atoms with Crippen LogP contribution in [0.1, 0.15) is 34.1 Å². The molecule has 0 saturated heterocycles. The average Bonchev–Trinajstić information content (AvgIpc) is 3.35. The van der Waals surface area contributed by atoms with Crippen molar-refractivity contribution in [2.75, 3.05) is 12.4 Å². The van der Waals surface area contributed by atoms with Crippen molar-refractivity contribution in [3.8, 4) is 5.75 Å². The third kappa shape index (κ3) is 4.93. The predicted molar refractivity (Wildman–Crippen MR) is 124 cm³/mol. The van der Waals surface area contributed by atoms with Gasteiger partial charge in [-0.05, 0) is 24.6 Å². The first-order valence-corrected chi connectivity index (χ1v) is 12.5. The van der Waals surface area contributed by atoms with Gasteiger partial charge in [0.05, 0.1) is 29.4 Å². The summed E-state index contributed by atoms with van der Waals surface area (Å²) < 4.78 is 31.2. The van der Waals surface area contributed by atoms with Gasteiger partial charge in [-0.1, -0.05) is 30.3 Å². The molecule has 0 spiro atoms. The number of urea groups is 1. The lowest BCUT2D eigenvalue weighted by Gasteiger charge is -2.16. The molecule has 1 aliphatic rings. The van der Waals surface area contributed by atoms with Crippen LogP contribution in [-0.4, -0.2) is 26.5 Å². The van der Waals surface area contributed by atoms with E-state index in [1.165, 1.54) is 36.6 Å². The van der Waals surface area contributed by atoms with Gasteiger partial charge in [0.1, 0.15) is 16.5 Å². The summed E-state index contributed by atoms with van der Waals surface area (Å²) in [4.78, 5) is 18.1. The molecule has 1 aliphatic heterocycles. The lowest BCUT2D eigenvalue weighted by atomic mass is 10.1. The summed E-state index contributed by atoms with van der Waals surface area (Å²) in [5, 5.41) is 9.35. The molecule has 1 atom stereocenters. The fourth-order valence-corrected chi connectivity index (χ4v) is 6.13. The largest absolute Gasteiger partial charge is 0.495 e. The number of nitrogens with one attached hydrogen (secondary N) is 3. The highest BCUT2D eigenvalue weighted by atomic mass is 32.2. The van der Waals surface area contributed by atoms with E-state index in [4.69, 9.17) is 4.74 Å². The van der Waals surface area contributed by atoms with Gasteiger partial charge >= 0.3 is 6.03 Å². The molecule has 1 aromatic heterocycles. The van der Waals surface area contributed by atoms with Gasteiger partial charge in [0.25, 0.3) is 0 Å². The van der Waals surface area contributed by atoms with Crippen LogP contribution in [0.2, 0.25) is 0 Å². The number of carbonyl (C=O) groups excluding carboxylic acids is 1. The molecule has 0 bridgehead atoms. The van der Waals surface area contributed by atoms with Crippen LogP contribution in [0.25, 0.3) is 0 Å². The minimum absolute atomic E-state index is 0.117. The molecule has 32 heavy (non-hydrogen) atoms. The molecule has 3 aromatic rings. The first kappa shape index (κ1) is 22.3. The fourth-order valence-electron chi connectivity index (χ4n) is 3.46. The smallest absolute Gasteiger partial charge is 0.319 e. The number of carbonyl (C=O) groups is 1. The Kier molecular flexibility index (Phi) is 6.45. The number of rotatable bonds is 7. The molecule has 0 saturated carbocycles. The maximum Gasteiger partial charge on any atom is 0.319 e. The zero-order valence-electron chi connectivity index (χ0n) is 17.7. The molecule has 2 heterocycles. The number of fused-ring (bicyclic) bond motifs is 1. The van der Waals surface area contributed by atoms with Crippen molar-refractivity contribution in [2.45, 2.75) is 36.7 Å². The Hall–Kier alpha value is -2.95. The summed E-state index contributed by atoms with van der Waals surface area (Å²) in [7, 11) is -2.18. The Morgan fingerprint density at radius 2 is 2.00 bits per heavy atom. The molecule has 3 N–H and O–H groups in total. The molecule has 0 unspecified atom stereocenters. The highest BCUT2D eigenvalue weighted by Gasteiger charge is 2.23. The van der Waals surface area contributed by atoms with Crippen LogP contribution in [0.5, 0.6) is 5.75 Å². The summed E-state index contributed by atoms with van der Waals surface area (Å²) in [6.45, 7) is 3.28. The summed E-state index contributed by atoms with van der Waals surface area (Å²) in [6, 6.07) is 13.4. The second kappa shape index (κ2) is 9.27. The summed E-state index contributed by atoms with van der Waals surface area (Å²) in [5.41, 5.74) is 2.27. The van der Waals surface area contributed by atoms with Gasteiger partial charge in [0.2, 0.25) is 0 Å². The van der Waals surface area contributed by atoms with Gasteiger partial charge in [-0.25, -0.2) is 18.2 Å². The van der Waals surface area contributed by atoms with Crippen LogP contribution < -0.4 is 20.7 Å². The van der Waals surface area contributed by atoms with E-state index in [-0.39, 0.29) is 22.4 Å². The van der Waals surface area contributed by atoms with Crippen molar-refractivity contribution < 1.29 is 17.9 Å². The minimum Gasteiger partial charge on any atom is -0.495 e. The molecule has 168 valence electrons. The summed E-state index contributed by atoms with van der Waals surface area (Å²) in [5.74, 6) is 0.0924. The van der Waals surface area contributed by atoms with Crippen molar-refractivity contribution in [3.63, 3.8) is 0 Å². The molecule has 8 nitrogen and oxygen atoms in total. The lowest BCUT2D eigenvalue weighted by Crippen LogP contribution is -2.31. The molecule has 0 fully saturated rings. The molecule has 10 heteroatoms. The van der Waals surface area contributed by atoms with Crippen molar-refractivity contribution in [1.82, 2.24) is 15.6 Å². The molecule has 2 amide bonds. The van der Waals surface area contributed by atoms with E-state index in [0.29, 0.717) is 17.2 Å². The minimum atomic E-state index is -3.61. The Morgan fingerprint density at radius 3 is 2.72 bits per heavy atom. The number of methoxy groups -OCH3 is 1. The molecule has 0 radical (unpaired) electrons. The van der Waals surface area contributed by atoms with Crippen LogP contribution in [0.15, 0.2) is 53.4 Å². The van der Waals surface area contributed by atoms with E-state index in [1.54, 1.807) is 0 Å². The van der Waals surface area contributed by atoms with E-state index in [1.807, 2.05) is 37.3 Å². The number of hydrogen-bond acceptors (Lipinski definition) is 7.